The van der Waals surface area contributed by atoms with Crippen molar-refractivity contribution in [3.8, 4) is 0 Å². The number of aliphatic hydroxyl groups excluding tert-OH is 2. The van der Waals surface area contributed by atoms with Crippen LogP contribution in [0.15, 0.2) is 72.9 Å². The van der Waals surface area contributed by atoms with Crippen molar-refractivity contribution < 1.29 is 24.5 Å². The molecule has 0 rings (SSSR count). The third-order valence-corrected chi connectivity index (χ3v) is 12.6. The highest BCUT2D eigenvalue weighted by Crippen LogP contribution is 2.18. The molecule has 0 bridgehead atoms. The second-order valence-electron chi connectivity index (χ2n) is 19.1. The van der Waals surface area contributed by atoms with Gasteiger partial charge in [-0.25, -0.2) is 0 Å². The summed E-state index contributed by atoms with van der Waals surface area (Å²) in [4.78, 5) is 26.3. The SMILES string of the molecule is CCC/C=C/C=C/C=C/C=C/C=C/CCCCCCCC(=O)OC(CCCCC/C=C/CCCCCCCCCCC)CC(=O)NC(CO)C(O)CCCCCCCCCCCCCCC. The fraction of sp³-hybridized carbons (Fsp3) is 0.767. The third-order valence-electron chi connectivity index (χ3n) is 12.6. The van der Waals surface area contributed by atoms with Gasteiger partial charge in [0.1, 0.15) is 6.10 Å². The summed E-state index contributed by atoms with van der Waals surface area (Å²) in [6, 6.07) is -0.715. The van der Waals surface area contributed by atoms with Crippen molar-refractivity contribution in [1.29, 1.82) is 0 Å². The highest BCUT2D eigenvalue weighted by Gasteiger charge is 2.24. The predicted octanol–water partition coefficient (Wildman–Crippen LogP) is 17.3. The molecule has 0 aromatic carbocycles. The van der Waals surface area contributed by atoms with Gasteiger partial charge in [-0.2, -0.15) is 0 Å². The molecule has 0 aliphatic rings. The number of allylic oxidation sites excluding steroid dienone is 12. The molecule has 0 aromatic rings. The maximum absolute atomic E-state index is 13.3. The van der Waals surface area contributed by atoms with Gasteiger partial charge in [0.15, 0.2) is 0 Å². The summed E-state index contributed by atoms with van der Waals surface area (Å²) in [6.07, 6.45) is 68.1. The Kier molecular flexibility index (Phi) is 51.1. The molecule has 0 saturated carbocycles. The van der Waals surface area contributed by atoms with Gasteiger partial charge in [0.25, 0.3) is 0 Å². The van der Waals surface area contributed by atoms with Gasteiger partial charge < -0.3 is 20.3 Å². The first-order chi connectivity index (χ1) is 32.5. The van der Waals surface area contributed by atoms with Crippen LogP contribution in [-0.2, 0) is 14.3 Å². The van der Waals surface area contributed by atoms with E-state index in [0.717, 1.165) is 96.3 Å². The first-order valence-electron chi connectivity index (χ1n) is 28.2. The standard InChI is InChI=1S/C60H107NO5/c1-4-7-10-13-16-19-22-25-27-29-30-32-35-38-41-44-47-50-53-60(65)66-56(51-48-45-42-39-36-34-31-28-26-23-20-17-14-11-8-5-2)54-59(64)61-57(55-62)58(63)52-49-46-43-40-37-33-24-21-18-15-12-9-6-3/h10,13,16,19,22,25,27,29-30,32,34,36,56-58,62-63H,4-9,11-12,14-15,17-18,20-21,23-24,26,28,31,33,35,37-55H2,1-3H3,(H,61,64)/b13-10+,19-16+,25-22+,29-27+,32-30+,36-34+. The van der Waals surface area contributed by atoms with E-state index < -0.39 is 18.2 Å². The minimum absolute atomic E-state index is 0.0547. The average Bonchev–Trinajstić information content (AvgIpc) is 3.31. The van der Waals surface area contributed by atoms with E-state index in [-0.39, 0.29) is 24.9 Å². The van der Waals surface area contributed by atoms with Crippen molar-refractivity contribution >= 4 is 11.9 Å². The lowest BCUT2D eigenvalue weighted by atomic mass is 10.0. The van der Waals surface area contributed by atoms with Gasteiger partial charge >= 0.3 is 5.97 Å². The molecule has 0 saturated heterocycles. The average molecular weight is 923 g/mol. The number of ether oxygens (including phenoxy) is 1. The number of amides is 1. The van der Waals surface area contributed by atoms with Crippen molar-refractivity contribution in [3.63, 3.8) is 0 Å². The quantitative estimate of drug-likeness (QED) is 0.0244. The van der Waals surface area contributed by atoms with Crippen LogP contribution >= 0.6 is 0 Å². The van der Waals surface area contributed by atoms with E-state index in [1.165, 1.54) is 128 Å². The Bertz CT molecular complexity index is 1220. The smallest absolute Gasteiger partial charge is 0.306 e. The minimum Gasteiger partial charge on any atom is -0.462 e. The molecule has 66 heavy (non-hydrogen) atoms. The molecule has 1 amide bonds. The van der Waals surface area contributed by atoms with E-state index in [4.69, 9.17) is 4.74 Å². The summed E-state index contributed by atoms with van der Waals surface area (Å²) in [7, 11) is 0. The van der Waals surface area contributed by atoms with Crippen LogP contribution in [0, 0.1) is 0 Å². The second kappa shape index (κ2) is 53.3. The Balaban J connectivity index is 4.65. The summed E-state index contributed by atoms with van der Waals surface area (Å²) in [6.45, 7) is 6.40. The monoisotopic (exact) mass is 922 g/mol. The molecule has 0 aliphatic heterocycles. The number of hydrogen-bond acceptors (Lipinski definition) is 5. The fourth-order valence-corrected chi connectivity index (χ4v) is 8.34. The largest absolute Gasteiger partial charge is 0.462 e. The van der Waals surface area contributed by atoms with Gasteiger partial charge in [-0.05, 0) is 70.6 Å². The second-order valence-corrected chi connectivity index (χ2v) is 19.1. The number of nitrogens with one attached hydrogen (secondary N) is 1. The summed E-state index contributed by atoms with van der Waals surface area (Å²) in [5, 5.41) is 23.8. The number of aliphatic hydroxyl groups is 2. The minimum atomic E-state index is -0.799. The summed E-state index contributed by atoms with van der Waals surface area (Å²) >= 11 is 0. The van der Waals surface area contributed by atoms with Crippen LogP contribution in [0.3, 0.4) is 0 Å². The fourth-order valence-electron chi connectivity index (χ4n) is 8.34. The third kappa shape index (κ3) is 47.8. The number of hydrogen-bond donors (Lipinski definition) is 3. The number of carbonyl (C=O) groups excluding carboxylic acids is 2. The number of carbonyl (C=O) groups is 2. The molecule has 3 unspecified atom stereocenters. The topological polar surface area (TPSA) is 95.9 Å². The summed E-state index contributed by atoms with van der Waals surface area (Å²) in [5.41, 5.74) is 0. The number of rotatable bonds is 50. The van der Waals surface area contributed by atoms with Crippen molar-refractivity contribution in [2.24, 2.45) is 0 Å². The Morgan fingerprint density at radius 1 is 0.439 bits per heavy atom. The van der Waals surface area contributed by atoms with Gasteiger partial charge in [-0.3, -0.25) is 9.59 Å². The molecule has 3 atom stereocenters. The Morgan fingerprint density at radius 2 is 0.818 bits per heavy atom. The summed E-state index contributed by atoms with van der Waals surface area (Å²) < 4.78 is 5.94. The molecule has 0 radical (unpaired) electrons. The Labute approximate surface area is 409 Å². The van der Waals surface area contributed by atoms with Gasteiger partial charge in [0.2, 0.25) is 5.91 Å². The van der Waals surface area contributed by atoms with Crippen LogP contribution in [0.25, 0.3) is 0 Å². The van der Waals surface area contributed by atoms with E-state index >= 15 is 0 Å². The number of unbranched alkanes of at least 4 members (excludes halogenated alkanes) is 30. The number of esters is 1. The lowest BCUT2D eigenvalue weighted by Crippen LogP contribution is -2.46. The Hall–Kier alpha value is -2.70. The lowest BCUT2D eigenvalue weighted by Gasteiger charge is -2.24. The zero-order chi connectivity index (χ0) is 48.1. The van der Waals surface area contributed by atoms with Crippen LogP contribution in [0.4, 0.5) is 0 Å². The van der Waals surface area contributed by atoms with Gasteiger partial charge in [-0.15, -0.1) is 0 Å². The highest BCUT2D eigenvalue weighted by molar-refractivity contribution is 5.77. The van der Waals surface area contributed by atoms with Crippen molar-refractivity contribution in [2.45, 2.75) is 289 Å². The van der Waals surface area contributed by atoms with Crippen LogP contribution in [-0.4, -0.2) is 46.9 Å². The maximum Gasteiger partial charge on any atom is 0.306 e. The molecule has 6 heteroatoms. The van der Waals surface area contributed by atoms with Crippen molar-refractivity contribution in [3.05, 3.63) is 72.9 Å². The molecule has 0 heterocycles. The van der Waals surface area contributed by atoms with E-state index in [1.807, 2.05) is 24.3 Å². The van der Waals surface area contributed by atoms with Gasteiger partial charge in [0.05, 0.1) is 25.2 Å². The molecule has 382 valence electrons. The first kappa shape index (κ1) is 63.3. The van der Waals surface area contributed by atoms with Crippen molar-refractivity contribution in [1.82, 2.24) is 5.32 Å². The molecule has 3 N–H and O–H groups in total. The Morgan fingerprint density at radius 3 is 1.29 bits per heavy atom. The maximum atomic E-state index is 13.3. The van der Waals surface area contributed by atoms with Crippen LogP contribution in [0.5, 0.6) is 0 Å². The lowest BCUT2D eigenvalue weighted by molar-refractivity contribution is -0.151. The van der Waals surface area contributed by atoms with Gasteiger partial charge in [-0.1, -0.05) is 261 Å². The molecule has 6 nitrogen and oxygen atoms in total. The normalized spacial score (nSPS) is 13.7. The summed E-state index contributed by atoms with van der Waals surface area (Å²) in [5.74, 6) is -0.514. The first-order valence-corrected chi connectivity index (χ1v) is 28.2. The highest BCUT2D eigenvalue weighted by atomic mass is 16.5. The molecule has 0 aromatic heterocycles. The van der Waals surface area contributed by atoms with Crippen LogP contribution in [0.2, 0.25) is 0 Å². The predicted molar refractivity (Wildman–Crippen MR) is 287 cm³/mol. The van der Waals surface area contributed by atoms with Crippen LogP contribution in [0.1, 0.15) is 271 Å². The molecular weight excluding hydrogens is 815 g/mol. The van der Waals surface area contributed by atoms with E-state index in [1.54, 1.807) is 0 Å². The van der Waals surface area contributed by atoms with Crippen molar-refractivity contribution in [2.75, 3.05) is 6.61 Å². The zero-order valence-electron chi connectivity index (χ0n) is 43.6. The zero-order valence-corrected chi connectivity index (χ0v) is 43.6. The molecule has 0 aliphatic carbocycles. The van der Waals surface area contributed by atoms with E-state index in [2.05, 4.69) is 74.7 Å². The van der Waals surface area contributed by atoms with E-state index in [9.17, 15) is 19.8 Å². The van der Waals surface area contributed by atoms with E-state index in [0.29, 0.717) is 19.3 Å². The van der Waals surface area contributed by atoms with Crippen LogP contribution < -0.4 is 5.32 Å². The molecule has 0 fully saturated rings. The molecule has 0 spiro atoms. The van der Waals surface area contributed by atoms with Gasteiger partial charge in [0, 0.05) is 6.42 Å². The molecular formula is C60H107NO5.